The average molecular weight is 877 g/mol. The van der Waals surface area contributed by atoms with Crippen molar-refractivity contribution < 1.29 is 38.1 Å². The predicted octanol–water partition coefficient (Wildman–Crippen LogP) is 2.63. The van der Waals surface area contributed by atoms with E-state index in [0.29, 0.717) is 109 Å². The summed E-state index contributed by atoms with van der Waals surface area (Å²) >= 11 is 0. The van der Waals surface area contributed by atoms with Crippen LogP contribution in [0.1, 0.15) is 20.8 Å². The lowest BCUT2D eigenvalue weighted by molar-refractivity contribution is -0.136. The molecule has 0 bridgehead atoms. The van der Waals surface area contributed by atoms with Gasteiger partial charge in [0.25, 0.3) is 11.8 Å². The van der Waals surface area contributed by atoms with Crippen molar-refractivity contribution in [3.8, 4) is 22.9 Å². The molecule has 64 heavy (non-hydrogen) atoms. The van der Waals surface area contributed by atoms with Crippen molar-refractivity contribution in [1.29, 1.82) is 0 Å². The summed E-state index contributed by atoms with van der Waals surface area (Å²) in [5.74, 6) is 1.57. The molecule has 0 aliphatic carbocycles. The molecule has 5 heterocycles. The molecule has 0 radical (unpaired) electrons. The number of hydrogen-bond acceptors (Lipinski definition) is 15. The highest BCUT2D eigenvalue weighted by atomic mass is 16.5. The standard InChI is InChI=1S/C44H52N12O8/c1-52-35-26-32(60-2)10-11-33(35)39(40(52)43(59)55-16-13-45-14-17-55)42(58)46-15-22-63-23-24-64-28-38(57)54-20-18-53(19-21-54)30-7-5-29(6-8-30)48-44-47-27-34-41(49-44)56(51-50-34)31-9-12-36(61-3)37(25-31)62-4/h5-12,25-27,45H,13-24,28H2,1-4H3,(H,46,58)(H,47,48,49). The first kappa shape index (κ1) is 43.6. The summed E-state index contributed by atoms with van der Waals surface area (Å²) in [7, 11) is 6.53. The van der Waals surface area contributed by atoms with Crippen LogP contribution in [0.15, 0.2) is 66.9 Å². The number of carbonyl (C=O) groups is 3. The zero-order chi connectivity index (χ0) is 44.6. The molecule has 3 N–H and O–H groups in total. The normalized spacial score (nSPS) is 14.2. The third-order valence-electron chi connectivity index (χ3n) is 11.3. The Hall–Kier alpha value is -7.03. The summed E-state index contributed by atoms with van der Waals surface area (Å²) in [6.45, 7) is 5.92. The molecule has 3 aromatic heterocycles. The second-order valence-corrected chi connectivity index (χ2v) is 15.1. The SMILES string of the molecule is COc1ccc2c(C(=O)NCCOCCOCC(=O)N3CCN(c4ccc(Nc5ncc6nnn(-c7ccc(OC)c(OC)c7)c6n5)cc4)CC3)c(C(=O)N3CCNCC3)n(C)c2c1. The number of fused-ring (bicyclic) bond motifs is 2. The number of ether oxygens (including phenoxy) is 5. The molecule has 0 spiro atoms. The van der Waals surface area contributed by atoms with E-state index in [0.717, 1.165) is 16.9 Å². The Kier molecular flexibility index (Phi) is 13.6. The fourth-order valence-electron chi connectivity index (χ4n) is 7.85. The number of rotatable bonds is 17. The van der Waals surface area contributed by atoms with E-state index in [2.05, 4.69) is 41.1 Å². The van der Waals surface area contributed by atoms with E-state index in [4.69, 9.17) is 23.7 Å². The Morgan fingerprint density at radius 2 is 1.53 bits per heavy atom. The van der Waals surface area contributed by atoms with Gasteiger partial charge in [0, 0.05) is 94.8 Å². The Bertz CT molecular complexity index is 2600. The van der Waals surface area contributed by atoms with Gasteiger partial charge in [0.2, 0.25) is 11.9 Å². The molecule has 2 fully saturated rings. The van der Waals surface area contributed by atoms with Gasteiger partial charge >= 0.3 is 0 Å². The topological polar surface area (TPSA) is 205 Å². The maximum absolute atomic E-state index is 13.7. The first-order valence-corrected chi connectivity index (χ1v) is 21.1. The smallest absolute Gasteiger partial charge is 0.271 e. The van der Waals surface area contributed by atoms with Crippen molar-refractivity contribution in [2.75, 3.05) is 117 Å². The number of nitrogens with zero attached hydrogens (tertiary/aromatic N) is 9. The number of benzene rings is 3. The van der Waals surface area contributed by atoms with E-state index >= 15 is 0 Å². The van der Waals surface area contributed by atoms with Crippen LogP contribution in [0.5, 0.6) is 17.2 Å². The van der Waals surface area contributed by atoms with Crippen molar-refractivity contribution in [2.24, 2.45) is 7.05 Å². The fourth-order valence-corrected chi connectivity index (χ4v) is 7.85. The number of anilines is 3. The van der Waals surface area contributed by atoms with Crippen LogP contribution >= 0.6 is 0 Å². The minimum atomic E-state index is -0.357. The number of aryl methyl sites for hydroxylation is 1. The van der Waals surface area contributed by atoms with Gasteiger partial charge < -0.3 is 58.9 Å². The number of hydrogen-bond donors (Lipinski definition) is 3. The molecule has 20 heteroatoms. The third-order valence-corrected chi connectivity index (χ3v) is 11.3. The molecule has 3 aromatic carbocycles. The van der Waals surface area contributed by atoms with E-state index in [1.165, 1.54) is 0 Å². The van der Waals surface area contributed by atoms with Gasteiger partial charge in [0.1, 0.15) is 18.1 Å². The van der Waals surface area contributed by atoms with Crippen LogP contribution in [0.2, 0.25) is 0 Å². The summed E-state index contributed by atoms with van der Waals surface area (Å²) in [4.78, 5) is 55.1. The Morgan fingerprint density at radius 1 is 0.781 bits per heavy atom. The molecule has 3 amide bonds. The quantitative estimate of drug-likeness (QED) is 0.113. The molecular formula is C44H52N12O8. The van der Waals surface area contributed by atoms with Gasteiger partial charge in [-0.15, -0.1) is 5.10 Å². The highest BCUT2D eigenvalue weighted by Gasteiger charge is 2.30. The zero-order valence-electron chi connectivity index (χ0n) is 36.3. The van der Waals surface area contributed by atoms with Crippen LogP contribution in [0, 0.1) is 0 Å². The van der Waals surface area contributed by atoms with Crippen LogP contribution in [0.25, 0.3) is 27.8 Å². The van der Waals surface area contributed by atoms with Gasteiger partial charge in [-0.25, -0.2) is 4.98 Å². The van der Waals surface area contributed by atoms with Crippen molar-refractivity contribution in [2.45, 2.75) is 0 Å². The van der Waals surface area contributed by atoms with Crippen LogP contribution in [0.3, 0.4) is 0 Å². The second kappa shape index (κ2) is 20.0. The van der Waals surface area contributed by atoms with Crippen LogP contribution in [-0.4, -0.2) is 164 Å². The molecular weight excluding hydrogens is 825 g/mol. The number of carbonyl (C=O) groups excluding carboxylic acids is 3. The molecule has 8 rings (SSSR count). The fraction of sp³-hybridized carbons (Fsp3) is 0.386. The first-order chi connectivity index (χ1) is 31.3. The summed E-state index contributed by atoms with van der Waals surface area (Å²) in [5, 5.41) is 18.6. The molecule has 20 nitrogen and oxygen atoms in total. The molecule has 0 saturated carbocycles. The number of piperazine rings is 2. The van der Waals surface area contributed by atoms with Crippen LogP contribution in [-0.2, 0) is 21.3 Å². The first-order valence-electron chi connectivity index (χ1n) is 21.1. The number of methoxy groups -OCH3 is 3. The van der Waals surface area contributed by atoms with Crippen LogP contribution < -0.4 is 35.1 Å². The lowest BCUT2D eigenvalue weighted by Gasteiger charge is -2.36. The minimum Gasteiger partial charge on any atom is -0.497 e. The average Bonchev–Trinajstić information content (AvgIpc) is 3.89. The van der Waals surface area contributed by atoms with Gasteiger partial charge in [-0.05, 0) is 48.5 Å². The van der Waals surface area contributed by atoms with Crippen molar-refractivity contribution in [3.05, 3.63) is 78.1 Å². The third kappa shape index (κ3) is 9.48. The summed E-state index contributed by atoms with van der Waals surface area (Å²) in [6, 6.07) is 18.8. The van der Waals surface area contributed by atoms with Crippen LogP contribution in [0.4, 0.5) is 17.3 Å². The van der Waals surface area contributed by atoms with E-state index < -0.39 is 0 Å². The number of nitrogens with one attached hydrogen (secondary N) is 3. The lowest BCUT2D eigenvalue weighted by Crippen LogP contribution is -2.49. The van der Waals surface area contributed by atoms with Gasteiger partial charge in [-0.3, -0.25) is 14.4 Å². The maximum Gasteiger partial charge on any atom is 0.271 e. The second-order valence-electron chi connectivity index (χ2n) is 15.1. The van der Waals surface area contributed by atoms with Crippen molar-refractivity contribution in [3.63, 3.8) is 0 Å². The molecule has 2 saturated heterocycles. The molecule has 0 atom stereocenters. The molecule has 2 aliphatic rings. The number of amides is 3. The summed E-state index contributed by atoms with van der Waals surface area (Å²) in [6.07, 6.45) is 1.62. The monoisotopic (exact) mass is 876 g/mol. The van der Waals surface area contributed by atoms with E-state index in [-0.39, 0.29) is 50.7 Å². The predicted molar refractivity (Wildman–Crippen MR) is 238 cm³/mol. The Balaban J connectivity index is 0.751. The van der Waals surface area contributed by atoms with Gasteiger partial charge in [-0.2, -0.15) is 9.67 Å². The van der Waals surface area contributed by atoms with Gasteiger partial charge in [-0.1, -0.05) is 5.21 Å². The Labute approximate surface area is 369 Å². The highest BCUT2D eigenvalue weighted by Crippen LogP contribution is 2.31. The highest BCUT2D eigenvalue weighted by molar-refractivity contribution is 6.16. The van der Waals surface area contributed by atoms with E-state index in [9.17, 15) is 14.4 Å². The summed E-state index contributed by atoms with van der Waals surface area (Å²) < 4.78 is 30.9. The molecule has 2 aliphatic heterocycles. The Morgan fingerprint density at radius 3 is 2.28 bits per heavy atom. The molecule has 0 unspecified atom stereocenters. The summed E-state index contributed by atoms with van der Waals surface area (Å²) in [5.41, 5.74) is 5.02. The zero-order valence-corrected chi connectivity index (χ0v) is 36.3. The molecule has 336 valence electrons. The van der Waals surface area contributed by atoms with Crippen molar-refractivity contribution >= 4 is 57.1 Å². The van der Waals surface area contributed by atoms with E-state index in [1.54, 1.807) is 66.9 Å². The van der Waals surface area contributed by atoms with Crippen molar-refractivity contribution in [1.82, 2.24) is 50.0 Å². The number of aromatic nitrogens is 6. The lowest BCUT2D eigenvalue weighted by atomic mass is 10.1. The van der Waals surface area contributed by atoms with Gasteiger partial charge in [0.15, 0.2) is 22.7 Å². The molecule has 6 aromatic rings. The largest absolute Gasteiger partial charge is 0.497 e. The van der Waals surface area contributed by atoms with Gasteiger partial charge in [0.05, 0.1) is 64.1 Å². The minimum absolute atomic E-state index is 0.0464. The van der Waals surface area contributed by atoms with E-state index in [1.807, 2.05) is 47.4 Å². The maximum atomic E-state index is 13.7.